The van der Waals surface area contributed by atoms with Crippen LogP contribution in [0.2, 0.25) is 0 Å². The number of benzene rings is 1. The third-order valence-corrected chi connectivity index (χ3v) is 3.66. The van der Waals surface area contributed by atoms with Gasteiger partial charge in [0.1, 0.15) is 0 Å². The molecular formula is C15H25N3S. The maximum absolute atomic E-state index is 4.21. The Morgan fingerprint density at radius 3 is 2.47 bits per heavy atom. The molecule has 0 atom stereocenters. The average Bonchev–Trinajstić information content (AvgIpc) is 2.42. The molecule has 3 nitrogen and oxygen atoms in total. The SMILES string of the molecule is CN=C(NCCSc1ccccc1)NCCC(C)C. The monoisotopic (exact) mass is 279 g/mol. The number of nitrogens with one attached hydrogen (secondary N) is 2. The van der Waals surface area contributed by atoms with E-state index in [0.29, 0.717) is 0 Å². The van der Waals surface area contributed by atoms with E-state index in [1.807, 2.05) is 24.9 Å². The highest BCUT2D eigenvalue weighted by atomic mass is 32.2. The minimum atomic E-state index is 0.722. The Balaban J connectivity index is 2.13. The normalized spacial score (nSPS) is 11.7. The molecular weight excluding hydrogens is 254 g/mol. The molecule has 0 radical (unpaired) electrons. The molecule has 0 spiro atoms. The fraction of sp³-hybridized carbons (Fsp3) is 0.533. The molecule has 0 bridgehead atoms. The molecule has 1 aromatic carbocycles. The van der Waals surface area contributed by atoms with Gasteiger partial charge >= 0.3 is 0 Å². The standard InChI is InChI=1S/C15H25N3S/c1-13(2)9-10-17-15(16-3)18-11-12-19-14-7-5-4-6-8-14/h4-8,13H,9-12H2,1-3H3,(H2,16,17,18). The van der Waals surface area contributed by atoms with Gasteiger partial charge in [0.2, 0.25) is 0 Å². The van der Waals surface area contributed by atoms with Crippen LogP contribution in [0.15, 0.2) is 40.2 Å². The van der Waals surface area contributed by atoms with Crippen LogP contribution in [0.1, 0.15) is 20.3 Å². The lowest BCUT2D eigenvalue weighted by Gasteiger charge is -2.12. The number of aliphatic imine (C=N–C) groups is 1. The van der Waals surface area contributed by atoms with Crippen molar-refractivity contribution in [1.82, 2.24) is 10.6 Å². The summed E-state index contributed by atoms with van der Waals surface area (Å²) in [5.74, 6) is 2.66. The van der Waals surface area contributed by atoms with Crippen LogP contribution in [0.5, 0.6) is 0 Å². The predicted octanol–water partition coefficient (Wildman–Crippen LogP) is 2.99. The molecule has 0 aromatic heterocycles. The van der Waals surface area contributed by atoms with Gasteiger partial charge in [0.05, 0.1) is 0 Å². The smallest absolute Gasteiger partial charge is 0.191 e. The lowest BCUT2D eigenvalue weighted by molar-refractivity contribution is 0.574. The molecule has 19 heavy (non-hydrogen) atoms. The summed E-state index contributed by atoms with van der Waals surface area (Å²) in [4.78, 5) is 5.53. The van der Waals surface area contributed by atoms with Gasteiger partial charge in [0.25, 0.3) is 0 Å². The first-order chi connectivity index (χ1) is 9.22. The van der Waals surface area contributed by atoms with Crippen LogP contribution in [-0.2, 0) is 0 Å². The summed E-state index contributed by atoms with van der Waals surface area (Å²) in [7, 11) is 1.81. The molecule has 1 rings (SSSR count). The predicted molar refractivity (Wildman–Crippen MR) is 86.0 cm³/mol. The summed E-state index contributed by atoms with van der Waals surface area (Å²) < 4.78 is 0. The largest absolute Gasteiger partial charge is 0.356 e. The molecule has 0 aliphatic carbocycles. The Bertz CT molecular complexity index is 363. The van der Waals surface area contributed by atoms with Gasteiger partial charge in [-0.1, -0.05) is 32.0 Å². The maximum Gasteiger partial charge on any atom is 0.191 e. The fourth-order valence-electron chi connectivity index (χ4n) is 1.55. The summed E-state index contributed by atoms with van der Waals surface area (Å²) in [5.41, 5.74) is 0. The lowest BCUT2D eigenvalue weighted by atomic mass is 10.1. The average molecular weight is 279 g/mol. The van der Waals surface area contributed by atoms with Crippen LogP contribution in [-0.4, -0.2) is 31.8 Å². The van der Waals surface area contributed by atoms with Crippen LogP contribution in [0, 0.1) is 5.92 Å². The van der Waals surface area contributed by atoms with Gasteiger partial charge in [-0.2, -0.15) is 0 Å². The number of hydrogen-bond acceptors (Lipinski definition) is 2. The maximum atomic E-state index is 4.21. The topological polar surface area (TPSA) is 36.4 Å². The van der Waals surface area contributed by atoms with Gasteiger partial charge in [-0.15, -0.1) is 11.8 Å². The van der Waals surface area contributed by atoms with Crippen molar-refractivity contribution in [3.63, 3.8) is 0 Å². The Morgan fingerprint density at radius 2 is 1.84 bits per heavy atom. The Labute approximate surface area is 121 Å². The van der Waals surface area contributed by atoms with Gasteiger partial charge in [0.15, 0.2) is 5.96 Å². The first-order valence-electron chi connectivity index (χ1n) is 6.84. The molecule has 4 heteroatoms. The van der Waals surface area contributed by atoms with Crippen LogP contribution in [0.3, 0.4) is 0 Å². The number of nitrogens with zero attached hydrogens (tertiary/aromatic N) is 1. The number of rotatable bonds is 7. The first-order valence-corrected chi connectivity index (χ1v) is 7.83. The molecule has 0 amide bonds. The van der Waals surface area contributed by atoms with E-state index in [2.05, 4.69) is 53.7 Å². The quantitative estimate of drug-likeness (QED) is 0.349. The van der Waals surface area contributed by atoms with Gasteiger partial charge in [-0.25, -0.2) is 0 Å². The summed E-state index contributed by atoms with van der Waals surface area (Å²) in [6.07, 6.45) is 1.17. The lowest BCUT2D eigenvalue weighted by Crippen LogP contribution is -2.39. The highest BCUT2D eigenvalue weighted by Gasteiger charge is 1.98. The van der Waals surface area contributed by atoms with E-state index in [0.717, 1.165) is 30.7 Å². The number of guanidine groups is 1. The van der Waals surface area contributed by atoms with E-state index in [4.69, 9.17) is 0 Å². The van der Waals surface area contributed by atoms with Crippen molar-refractivity contribution in [2.24, 2.45) is 10.9 Å². The molecule has 0 fully saturated rings. The van der Waals surface area contributed by atoms with Crippen molar-refractivity contribution >= 4 is 17.7 Å². The van der Waals surface area contributed by atoms with E-state index in [-0.39, 0.29) is 0 Å². The van der Waals surface area contributed by atoms with Crippen LogP contribution in [0.25, 0.3) is 0 Å². The highest BCUT2D eigenvalue weighted by molar-refractivity contribution is 7.99. The third kappa shape index (κ3) is 7.78. The second kappa shape index (κ2) is 9.73. The zero-order valence-electron chi connectivity index (χ0n) is 12.1. The van der Waals surface area contributed by atoms with E-state index >= 15 is 0 Å². The second-order valence-corrected chi connectivity index (χ2v) is 5.94. The Morgan fingerprint density at radius 1 is 1.16 bits per heavy atom. The summed E-state index contributed by atoms with van der Waals surface area (Å²) in [6, 6.07) is 10.5. The Kier molecular flexibility index (Phi) is 8.14. The van der Waals surface area contributed by atoms with Gasteiger partial charge in [-0.3, -0.25) is 4.99 Å². The molecule has 2 N–H and O–H groups in total. The van der Waals surface area contributed by atoms with Crippen molar-refractivity contribution in [2.45, 2.75) is 25.2 Å². The number of thioether (sulfide) groups is 1. The first kappa shape index (κ1) is 15.9. The molecule has 0 unspecified atom stereocenters. The molecule has 0 saturated heterocycles. The highest BCUT2D eigenvalue weighted by Crippen LogP contribution is 2.15. The molecule has 0 heterocycles. The molecule has 0 saturated carbocycles. The molecule has 106 valence electrons. The molecule has 1 aromatic rings. The van der Waals surface area contributed by atoms with Crippen molar-refractivity contribution in [3.8, 4) is 0 Å². The zero-order chi connectivity index (χ0) is 13.9. The Hall–Kier alpha value is -1.16. The minimum absolute atomic E-state index is 0.722. The van der Waals surface area contributed by atoms with Gasteiger partial charge in [0, 0.05) is 30.8 Å². The fourth-order valence-corrected chi connectivity index (χ4v) is 2.34. The summed E-state index contributed by atoms with van der Waals surface area (Å²) >= 11 is 1.86. The number of hydrogen-bond donors (Lipinski definition) is 2. The van der Waals surface area contributed by atoms with Crippen LogP contribution < -0.4 is 10.6 Å². The van der Waals surface area contributed by atoms with Gasteiger partial charge in [-0.05, 0) is 24.5 Å². The zero-order valence-corrected chi connectivity index (χ0v) is 13.0. The van der Waals surface area contributed by atoms with Crippen LogP contribution in [0.4, 0.5) is 0 Å². The minimum Gasteiger partial charge on any atom is -0.356 e. The van der Waals surface area contributed by atoms with E-state index in [9.17, 15) is 0 Å². The summed E-state index contributed by atoms with van der Waals surface area (Å²) in [6.45, 7) is 6.35. The van der Waals surface area contributed by atoms with E-state index < -0.39 is 0 Å². The van der Waals surface area contributed by atoms with Crippen molar-refractivity contribution in [2.75, 3.05) is 25.9 Å². The van der Waals surface area contributed by atoms with Gasteiger partial charge < -0.3 is 10.6 Å². The second-order valence-electron chi connectivity index (χ2n) is 4.77. The summed E-state index contributed by atoms with van der Waals surface area (Å²) in [5, 5.41) is 6.66. The van der Waals surface area contributed by atoms with Crippen molar-refractivity contribution in [3.05, 3.63) is 30.3 Å². The van der Waals surface area contributed by atoms with Crippen LogP contribution >= 0.6 is 11.8 Å². The van der Waals surface area contributed by atoms with E-state index in [1.165, 1.54) is 11.3 Å². The van der Waals surface area contributed by atoms with Crippen molar-refractivity contribution < 1.29 is 0 Å². The molecule has 0 aliphatic heterocycles. The third-order valence-electron chi connectivity index (χ3n) is 2.64. The van der Waals surface area contributed by atoms with Crippen molar-refractivity contribution in [1.29, 1.82) is 0 Å². The molecule has 0 aliphatic rings. The van der Waals surface area contributed by atoms with E-state index in [1.54, 1.807) is 0 Å².